The predicted octanol–water partition coefficient (Wildman–Crippen LogP) is 2.87. The van der Waals surface area contributed by atoms with Gasteiger partial charge in [0.25, 0.3) is 0 Å². The lowest BCUT2D eigenvalue weighted by atomic mass is 9.93. The number of rotatable bonds is 1. The summed E-state index contributed by atoms with van der Waals surface area (Å²) in [4.78, 5) is 1.46. The zero-order chi connectivity index (χ0) is 16.3. The van der Waals surface area contributed by atoms with E-state index in [1.165, 1.54) is 0 Å². The third kappa shape index (κ3) is 4.81. The maximum atomic E-state index is 10.5. The SMILES string of the molecule is CC1OC(C=C=CBr)CC2OC(CC(Br)C(O)CC2Cl)C1O. The number of hydrogen-bond donors (Lipinski definition) is 2. The Labute approximate surface area is 152 Å². The Morgan fingerprint density at radius 1 is 1.18 bits per heavy atom. The second kappa shape index (κ2) is 8.63. The molecule has 2 fully saturated rings. The molecule has 2 heterocycles. The highest BCUT2D eigenvalue weighted by Crippen LogP contribution is 2.33. The Kier molecular flexibility index (Phi) is 7.43. The van der Waals surface area contributed by atoms with Crippen molar-refractivity contribution in [1.82, 2.24) is 0 Å². The van der Waals surface area contributed by atoms with E-state index >= 15 is 0 Å². The van der Waals surface area contributed by atoms with Gasteiger partial charge in [0.05, 0.1) is 35.9 Å². The summed E-state index contributed by atoms with van der Waals surface area (Å²) in [5, 5.41) is 20.4. The molecule has 0 aromatic heterocycles. The Bertz CT molecular complexity index is 430. The number of halogens is 3. The molecule has 0 spiro atoms. The van der Waals surface area contributed by atoms with Crippen molar-refractivity contribution in [3.8, 4) is 0 Å². The molecule has 0 aliphatic carbocycles. The van der Waals surface area contributed by atoms with Gasteiger partial charge in [0.2, 0.25) is 0 Å². The van der Waals surface area contributed by atoms with E-state index in [0.29, 0.717) is 19.3 Å². The molecule has 2 bridgehead atoms. The summed E-state index contributed by atoms with van der Waals surface area (Å²) in [6.07, 6.45) is 0.624. The third-order valence-electron chi connectivity index (χ3n) is 4.16. The van der Waals surface area contributed by atoms with Gasteiger partial charge in [-0.15, -0.1) is 17.3 Å². The lowest BCUT2D eigenvalue weighted by Crippen LogP contribution is -2.51. The zero-order valence-corrected chi connectivity index (χ0v) is 16.2. The molecule has 0 aromatic carbocycles. The Balaban J connectivity index is 2.24. The molecule has 2 N–H and O–H groups in total. The summed E-state index contributed by atoms with van der Waals surface area (Å²) in [6.45, 7) is 1.82. The molecule has 8 unspecified atom stereocenters. The minimum Gasteiger partial charge on any atom is -0.392 e. The molecular formula is C15H21Br2ClO4. The van der Waals surface area contributed by atoms with E-state index in [2.05, 4.69) is 37.6 Å². The van der Waals surface area contributed by atoms with E-state index in [1.54, 1.807) is 11.1 Å². The molecule has 22 heavy (non-hydrogen) atoms. The third-order valence-corrected chi connectivity index (χ3v) is 5.86. The van der Waals surface area contributed by atoms with Gasteiger partial charge in [0.15, 0.2) is 0 Å². The lowest BCUT2D eigenvalue weighted by Gasteiger charge is -2.41. The fraction of sp³-hybridized carbons (Fsp3) is 0.800. The van der Waals surface area contributed by atoms with Gasteiger partial charge in [-0.2, -0.15) is 0 Å². The lowest BCUT2D eigenvalue weighted by molar-refractivity contribution is -0.175. The van der Waals surface area contributed by atoms with Gasteiger partial charge in [-0.3, -0.25) is 0 Å². The maximum absolute atomic E-state index is 10.5. The van der Waals surface area contributed by atoms with Crippen LogP contribution in [0, 0.1) is 0 Å². The number of ether oxygens (including phenoxy) is 2. The quantitative estimate of drug-likeness (QED) is 0.467. The monoisotopic (exact) mass is 458 g/mol. The number of alkyl halides is 2. The minimum absolute atomic E-state index is 0.159. The second-order valence-electron chi connectivity index (χ2n) is 5.83. The number of aliphatic hydroxyl groups is 2. The summed E-state index contributed by atoms with van der Waals surface area (Å²) < 4.78 is 12.0. The number of fused-ring (bicyclic) bond motifs is 2. The van der Waals surface area contributed by atoms with E-state index in [1.807, 2.05) is 6.92 Å². The topological polar surface area (TPSA) is 58.9 Å². The van der Waals surface area contributed by atoms with Crippen LogP contribution in [0.4, 0.5) is 0 Å². The van der Waals surface area contributed by atoms with Crippen LogP contribution in [0.3, 0.4) is 0 Å². The van der Waals surface area contributed by atoms with Gasteiger partial charge in [-0.1, -0.05) is 31.9 Å². The molecular weight excluding hydrogens is 439 g/mol. The van der Waals surface area contributed by atoms with E-state index in [0.717, 1.165) is 0 Å². The molecule has 0 aromatic rings. The molecule has 0 saturated carbocycles. The molecule has 126 valence electrons. The van der Waals surface area contributed by atoms with Crippen LogP contribution in [-0.2, 0) is 9.47 Å². The first-order chi connectivity index (χ1) is 10.4. The van der Waals surface area contributed by atoms with E-state index in [9.17, 15) is 10.2 Å². The average molecular weight is 461 g/mol. The van der Waals surface area contributed by atoms with Crippen LogP contribution in [0.15, 0.2) is 16.8 Å². The molecule has 2 saturated heterocycles. The van der Waals surface area contributed by atoms with Gasteiger partial charge in [-0.25, -0.2) is 0 Å². The normalized spacial score (nSPS) is 46.5. The van der Waals surface area contributed by atoms with Crippen molar-refractivity contribution in [2.75, 3.05) is 0 Å². The van der Waals surface area contributed by atoms with Crippen LogP contribution in [0.5, 0.6) is 0 Å². The molecule has 0 amide bonds. The standard InChI is InChI=1S/C15H21Br2ClO4/c1-8-15(20)14-6-10(17)12(19)7-11(18)13(22-14)5-9(21-8)3-2-4-16/h3-4,8-15,19-20H,5-7H2,1H3. The Morgan fingerprint density at radius 3 is 2.59 bits per heavy atom. The molecule has 2 rings (SSSR count). The first kappa shape index (κ1) is 18.9. The summed E-state index contributed by atoms with van der Waals surface area (Å²) in [5.41, 5.74) is 2.94. The number of hydrogen-bond acceptors (Lipinski definition) is 4. The summed E-state index contributed by atoms with van der Waals surface area (Å²) in [7, 11) is 0. The van der Waals surface area contributed by atoms with Gasteiger partial charge in [0, 0.05) is 16.2 Å². The summed E-state index contributed by atoms with van der Waals surface area (Å²) >= 11 is 13.1. The average Bonchev–Trinajstić information content (AvgIpc) is 2.47. The molecule has 2 aliphatic heterocycles. The van der Waals surface area contributed by atoms with E-state index in [4.69, 9.17) is 21.1 Å². The van der Waals surface area contributed by atoms with Gasteiger partial charge < -0.3 is 19.7 Å². The first-order valence-electron chi connectivity index (χ1n) is 7.38. The minimum atomic E-state index is -0.777. The van der Waals surface area contributed by atoms with E-state index in [-0.39, 0.29) is 28.5 Å². The van der Waals surface area contributed by atoms with Crippen molar-refractivity contribution in [3.05, 3.63) is 16.8 Å². The molecule has 8 atom stereocenters. The van der Waals surface area contributed by atoms with Crippen LogP contribution in [0.25, 0.3) is 0 Å². The van der Waals surface area contributed by atoms with Crippen molar-refractivity contribution in [1.29, 1.82) is 0 Å². The summed E-state index contributed by atoms with van der Waals surface area (Å²) in [5.74, 6) is 0. The second-order valence-corrected chi connectivity index (χ2v) is 8.03. The largest absolute Gasteiger partial charge is 0.392 e. The fourth-order valence-electron chi connectivity index (χ4n) is 2.89. The molecule has 0 radical (unpaired) electrons. The first-order valence-corrected chi connectivity index (χ1v) is 9.65. The summed E-state index contributed by atoms with van der Waals surface area (Å²) in [6, 6.07) is 0. The van der Waals surface area contributed by atoms with Crippen molar-refractivity contribution in [2.24, 2.45) is 0 Å². The van der Waals surface area contributed by atoms with Gasteiger partial charge >= 0.3 is 0 Å². The predicted molar refractivity (Wildman–Crippen MR) is 92.8 cm³/mol. The maximum Gasteiger partial charge on any atom is 0.106 e. The molecule has 7 heteroatoms. The van der Waals surface area contributed by atoms with Crippen molar-refractivity contribution < 1.29 is 19.7 Å². The molecule has 2 aliphatic rings. The van der Waals surface area contributed by atoms with Crippen molar-refractivity contribution >= 4 is 43.5 Å². The highest BCUT2D eigenvalue weighted by molar-refractivity contribution is 9.11. The van der Waals surface area contributed by atoms with E-state index < -0.39 is 18.3 Å². The van der Waals surface area contributed by atoms with Gasteiger partial charge in [0.1, 0.15) is 6.10 Å². The zero-order valence-electron chi connectivity index (χ0n) is 12.2. The van der Waals surface area contributed by atoms with Crippen LogP contribution in [0.1, 0.15) is 26.2 Å². The van der Waals surface area contributed by atoms with Crippen molar-refractivity contribution in [3.63, 3.8) is 0 Å². The van der Waals surface area contributed by atoms with Gasteiger partial charge in [-0.05, 0) is 25.8 Å². The van der Waals surface area contributed by atoms with Crippen LogP contribution in [-0.4, -0.2) is 57.0 Å². The highest BCUT2D eigenvalue weighted by atomic mass is 79.9. The Hall–Kier alpha value is 0.610. The highest BCUT2D eigenvalue weighted by Gasteiger charge is 2.41. The van der Waals surface area contributed by atoms with Crippen LogP contribution < -0.4 is 0 Å². The number of aliphatic hydroxyl groups excluding tert-OH is 2. The smallest absolute Gasteiger partial charge is 0.106 e. The van der Waals surface area contributed by atoms with Crippen LogP contribution in [0.2, 0.25) is 0 Å². The van der Waals surface area contributed by atoms with Crippen LogP contribution >= 0.6 is 43.5 Å². The molecule has 4 nitrogen and oxygen atoms in total. The Morgan fingerprint density at radius 2 is 1.91 bits per heavy atom. The fourth-order valence-corrected chi connectivity index (χ4v) is 3.97. The van der Waals surface area contributed by atoms with Crippen molar-refractivity contribution in [2.45, 2.75) is 73.0 Å².